The lowest BCUT2D eigenvalue weighted by Gasteiger charge is -2.23. The molecule has 1 amide bonds. The molecule has 1 aromatic carbocycles. The maximum Gasteiger partial charge on any atom is 0.261 e. The summed E-state index contributed by atoms with van der Waals surface area (Å²) in [4.78, 5) is 28.5. The fraction of sp³-hybridized carbons (Fsp3) is 0.222. The molecule has 116 valence electrons. The number of thiophene rings is 1. The van der Waals surface area contributed by atoms with Crippen molar-refractivity contribution in [2.45, 2.75) is 18.9 Å². The summed E-state index contributed by atoms with van der Waals surface area (Å²) in [6, 6.07) is 11.1. The van der Waals surface area contributed by atoms with Gasteiger partial charge in [-0.3, -0.25) is 9.59 Å². The average molecular weight is 325 g/mol. The quantitative estimate of drug-likeness (QED) is 0.719. The normalized spacial score (nSPS) is 17.7. The number of amides is 1. The first kappa shape index (κ1) is 14.2. The number of carbonyl (C=O) groups excluding carboxylic acids is 1. The third-order valence-corrected chi connectivity index (χ3v) is 5.27. The van der Waals surface area contributed by atoms with E-state index in [2.05, 4.69) is 0 Å². The number of fused-ring (bicyclic) bond motifs is 1. The molecule has 0 radical (unpaired) electrons. The zero-order valence-corrected chi connectivity index (χ0v) is 13.2. The van der Waals surface area contributed by atoms with Crippen LogP contribution in [0.5, 0.6) is 0 Å². The van der Waals surface area contributed by atoms with E-state index in [1.165, 1.54) is 11.1 Å². The van der Waals surface area contributed by atoms with Gasteiger partial charge in [-0.05, 0) is 36.4 Å². The molecular formula is C18H15NO3S. The number of benzene rings is 1. The van der Waals surface area contributed by atoms with E-state index in [0.29, 0.717) is 17.5 Å². The molecule has 23 heavy (non-hydrogen) atoms. The van der Waals surface area contributed by atoms with Crippen LogP contribution in [0.2, 0.25) is 0 Å². The largest absolute Gasteiger partial charge is 0.463 e. The van der Waals surface area contributed by atoms with Crippen LogP contribution in [-0.2, 0) is 0 Å². The van der Waals surface area contributed by atoms with Gasteiger partial charge in [-0.1, -0.05) is 18.2 Å². The summed E-state index contributed by atoms with van der Waals surface area (Å²) in [6.45, 7) is 0.674. The molecule has 3 aromatic rings. The van der Waals surface area contributed by atoms with E-state index in [0.717, 1.165) is 12.8 Å². The van der Waals surface area contributed by atoms with E-state index < -0.39 is 0 Å². The van der Waals surface area contributed by atoms with Gasteiger partial charge in [-0.15, -0.1) is 11.3 Å². The predicted molar refractivity (Wildman–Crippen MR) is 89.8 cm³/mol. The van der Waals surface area contributed by atoms with Crippen LogP contribution in [0.15, 0.2) is 57.3 Å². The van der Waals surface area contributed by atoms with Gasteiger partial charge in [0.2, 0.25) is 5.43 Å². The Labute approximate surface area is 137 Å². The summed E-state index contributed by atoms with van der Waals surface area (Å²) in [5.74, 6) is -0.236. The molecule has 0 N–H and O–H groups in total. The lowest BCUT2D eigenvalue weighted by molar-refractivity contribution is 0.0734. The van der Waals surface area contributed by atoms with Crippen molar-refractivity contribution in [1.82, 2.24) is 4.90 Å². The fourth-order valence-corrected chi connectivity index (χ4v) is 4.04. The maximum absolute atomic E-state index is 12.9. The van der Waals surface area contributed by atoms with Crippen molar-refractivity contribution in [2.24, 2.45) is 0 Å². The Morgan fingerprint density at radius 3 is 2.91 bits per heavy atom. The van der Waals surface area contributed by atoms with Gasteiger partial charge in [0, 0.05) is 11.4 Å². The smallest absolute Gasteiger partial charge is 0.261 e. The SMILES string of the molecule is O=C(c1coc2ccccc2c1=O)N1CCCC1c1cccs1. The van der Waals surface area contributed by atoms with Crippen LogP contribution in [-0.4, -0.2) is 17.4 Å². The Morgan fingerprint density at radius 1 is 1.22 bits per heavy atom. The van der Waals surface area contributed by atoms with Gasteiger partial charge in [0.1, 0.15) is 17.4 Å². The first-order valence-corrected chi connectivity index (χ1v) is 8.48. The number of para-hydroxylation sites is 1. The summed E-state index contributed by atoms with van der Waals surface area (Å²) >= 11 is 1.65. The van der Waals surface area contributed by atoms with Crippen LogP contribution in [0, 0.1) is 0 Å². The number of likely N-dealkylation sites (tertiary alicyclic amines) is 1. The Balaban J connectivity index is 1.74. The fourth-order valence-electron chi connectivity index (χ4n) is 3.17. The highest BCUT2D eigenvalue weighted by atomic mass is 32.1. The van der Waals surface area contributed by atoms with Crippen LogP contribution in [0.1, 0.15) is 34.1 Å². The van der Waals surface area contributed by atoms with Gasteiger partial charge in [0.15, 0.2) is 0 Å². The first-order chi connectivity index (χ1) is 11.3. The summed E-state index contributed by atoms with van der Waals surface area (Å²) in [5.41, 5.74) is 0.367. The minimum absolute atomic E-state index is 0.0633. The molecule has 4 nitrogen and oxygen atoms in total. The Morgan fingerprint density at radius 2 is 2.09 bits per heavy atom. The second-order valence-electron chi connectivity index (χ2n) is 5.65. The first-order valence-electron chi connectivity index (χ1n) is 7.60. The molecule has 1 atom stereocenters. The van der Waals surface area contributed by atoms with Gasteiger partial charge in [0.25, 0.3) is 5.91 Å². The van der Waals surface area contributed by atoms with Crippen LogP contribution in [0.3, 0.4) is 0 Å². The van der Waals surface area contributed by atoms with E-state index in [1.807, 2.05) is 17.5 Å². The number of hydrogen-bond donors (Lipinski definition) is 0. The molecular weight excluding hydrogens is 310 g/mol. The van der Waals surface area contributed by atoms with Crippen LogP contribution < -0.4 is 5.43 Å². The standard InChI is InChI=1S/C18H15NO3S/c20-17-12-5-1-2-7-15(12)22-11-13(17)18(21)19-9-3-6-14(19)16-8-4-10-23-16/h1-2,4-5,7-8,10-11,14H,3,6,9H2. The van der Waals surface area contributed by atoms with Crippen molar-refractivity contribution in [3.05, 3.63) is 68.7 Å². The third kappa shape index (κ3) is 2.37. The zero-order valence-electron chi connectivity index (χ0n) is 12.4. The maximum atomic E-state index is 12.9. The van der Waals surface area contributed by atoms with Gasteiger partial charge >= 0.3 is 0 Å². The number of carbonyl (C=O) groups is 1. The molecule has 2 aromatic heterocycles. The summed E-state index contributed by atoms with van der Waals surface area (Å²) in [7, 11) is 0. The molecule has 0 aliphatic carbocycles. The van der Waals surface area contributed by atoms with Gasteiger partial charge < -0.3 is 9.32 Å². The lowest BCUT2D eigenvalue weighted by atomic mass is 10.1. The van der Waals surface area contributed by atoms with E-state index in [1.54, 1.807) is 40.5 Å². The Bertz CT molecular complexity index is 913. The highest BCUT2D eigenvalue weighted by Crippen LogP contribution is 2.35. The molecule has 0 bridgehead atoms. The highest BCUT2D eigenvalue weighted by Gasteiger charge is 2.32. The van der Waals surface area contributed by atoms with Gasteiger partial charge in [0.05, 0.1) is 11.4 Å². The minimum atomic E-state index is -0.256. The molecule has 1 aliphatic rings. The Kier molecular flexibility index (Phi) is 3.50. The second-order valence-corrected chi connectivity index (χ2v) is 6.63. The summed E-state index contributed by atoms with van der Waals surface area (Å²) in [6.07, 6.45) is 3.19. The van der Waals surface area contributed by atoms with Crippen molar-refractivity contribution in [3.63, 3.8) is 0 Å². The van der Waals surface area contributed by atoms with Crippen molar-refractivity contribution in [2.75, 3.05) is 6.54 Å². The predicted octanol–water partition coefficient (Wildman–Crippen LogP) is 3.83. The molecule has 1 unspecified atom stereocenters. The topological polar surface area (TPSA) is 50.5 Å². The molecule has 1 fully saturated rings. The van der Waals surface area contributed by atoms with Crippen molar-refractivity contribution >= 4 is 28.2 Å². The molecule has 1 aliphatic heterocycles. The second kappa shape index (κ2) is 5.66. The molecule has 1 saturated heterocycles. The molecule has 0 saturated carbocycles. The minimum Gasteiger partial charge on any atom is -0.463 e. The average Bonchev–Trinajstić information content (AvgIpc) is 3.26. The van der Waals surface area contributed by atoms with Gasteiger partial charge in [-0.25, -0.2) is 0 Å². The molecule has 0 spiro atoms. The molecule has 5 heteroatoms. The monoisotopic (exact) mass is 325 g/mol. The number of nitrogens with zero attached hydrogens (tertiary/aromatic N) is 1. The van der Waals surface area contributed by atoms with Crippen molar-refractivity contribution in [1.29, 1.82) is 0 Å². The Hall–Kier alpha value is -2.40. The van der Waals surface area contributed by atoms with Crippen LogP contribution in [0.25, 0.3) is 11.0 Å². The van der Waals surface area contributed by atoms with E-state index in [-0.39, 0.29) is 22.9 Å². The van der Waals surface area contributed by atoms with Gasteiger partial charge in [-0.2, -0.15) is 0 Å². The molecule has 3 heterocycles. The summed E-state index contributed by atoms with van der Waals surface area (Å²) in [5, 5.41) is 2.46. The van der Waals surface area contributed by atoms with E-state index in [9.17, 15) is 9.59 Å². The lowest BCUT2D eigenvalue weighted by Crippen LogP contribution is -2.33. The number of rotatable bonds is 2. The van der Waals surface area contributed by atoms with E-state index >= 15 is 0 Å². The molecule has 4 rings (SSSR count). The zero-order chi connectivity index (χ0) is 15.8. The van der Waals surface area contributed by atoms with Crippen molar-refractivity contribution in [3.8, 4) is 0 Å². The van der Waals surface area contributed by atoms with Crippen LogP contribution in [0.4, 0.5) is 0 Å². The van der Waals surface area contributed by atoms with Crippen LogP contribution >= 0.6 is 11.3 Å². The number of hydrogen-bond acceptors (Lipinski definition) is 4. The van der Waals surface area contributed by atoms with E-state index in [4.69, 9.17) is 4.42 Å². The highest BCUT2D eigenvalue weighted by molar-refractivity contribution is 7.10. The third-order valence-electron chi connectivity index (χ3n) is 4.30. The van der Waals surface area contributed by atoms with Crippen molar-refractivity contribution < 1.29 is 9.21 Å². The summed E-state index contributed by atoms with van der Waals surface area (Å²) < 4.78 is 5.49.